The van der Waals surface area contributed by atoms with Gasteiger partial charge in [0.15, 0.2) is 0 Å². The Hall–Kier alpha value is -0.650. The molecular weight excluding hydrogens is 186 g/mol. The standard InChI is InChI=1S/C9H17NO4/c1-9(5-12,6-13)10-3-7(4-11)2-8(10)14/h7,11-13H,2-6H2,1H3. The molecular formula is C9H17NO4. The minimum absolute atomic E-state index is 0.0326. The van der Waals surface area contributed by atoms with E-state index < -0.39 is 5.54 Å². The second-order valence-electron chi connectivity index (χ2n) is 4.07. The summed E-state index contributed by atoms with van der Waals surface area (Å²) in [7, 11) is 0. The first kappa shape index (κ1) is 11.4. The second kappa shape index (κ2) is 4.25. The highest BCUT2D eigenvalue weighted by Crippen LogP contribution is 2.25. The average Bonchev–Trinajstić information content (AvgIpc) is 2.59. The molecule has 1 aliphatic heterocycles. The van der Waals surface area contributed by atoms with Crippen LogP contribution in [0.3, 0.4) is 0 Å². The van der Waals surface area contributed by atoms with Gasteiger partial charge in [-0.15, -0.1) is 0 Å². The summed E-state index contributed by atoms with van der Waals surface area (Å²) >= 11 is 0. The summed E-state index contributed by atoms with van der Waals surface area (Å²) in [6, 6.07) is 0. The number of aliphatic hydroxyl groups is 3. The van der Waals surface area contributed by atoms with Crippen LogP contribution in [0.2, 0.25) is 0 Å². The van der Waals surface area contributed by atoms with Crippen LogP contribution < -0.4 is 0 Å². The number of hydrogen-bond acceptors (Lipinski definition) is 4. The Balaban J connectivity index is 2.73. The molecule has 1 fully saturated rings. The molecule has 82 valence electrons. The molecule has 1 amide bonds. The van der Waals surface area contributed by atoms with Crippen molar-refractivity contribution < 1.29 is 20.1 Å². The Labute approximate surface area is 83.0 Å². The van der Waals surface area contributed by atoms with Gasteiger partial charge in [0.2, 0.25) is 5.91 Å². The summed E-state index contributed by atoms with van der Waals surface area (Å²) in [5.41, 5.74) is -0.902. The maximum atomic E-state index is 11.5. The van der Waals surface area contributed by atoms with Gasteiger partial charge in [-0.1, -0.05) is 0 Å². The fourth-order valence-corrected chi connectivity index (χ4v) is 1.65. The first-order chi connectivity index (χ1) is 6.57. The highest BCUT2D eigenvalue weighted by Gasteiger charge is 2.40. The van der Waals surface area contributed by atoms with Crippen molar-refractivity contribution in [3.8, 4) is 0 Å². The maximum absolute atomic E-state index is 11.5. The van der Waals surface area contributed by atoms with E-state index in [1.54, 1.807) is 6.92 Å². The van der Waals surface area contributed by atoms with Crippen molar-refractivity contribution in [3.05, 3.63) is 0 Å². The second-order valence-corrected chi connectivity index (χ2v) is 4.07. The van der Waals surface area contributed by atoms with E-state index in [0.717, 1.165) is 0 Å². The Morgan fingerprint density at radius 2 is 2.00 bits per heavy atom. The van der Waals surface area contributed by atoms with Crippen molar-refractivity contribution in [2.45, 2.75) is 18.9 Å². The highest BCUT2D eigenvalue weighted by atomic mass is 16.3. The topological polar surface area (TPSA) is 81.0 Å². The molecule has 0 aromatic carbocycles. The molecule has 0 spiro atoms. The molecule has 1 aliphatic rings. The van der Waals surface area contributed by atoms with E-state index in [4.69, 9.17) is 15.3 Å². The predicted molar refractivity (Wildman–Crippen MR) is 49.5 cm³/mol. The van der Waals surface area contributed by atoms with Crippen LogP contribution in [-0.2, 0) is 4.79 Å². The molecule has 0 aromatic rings. The third kappa shape index (κ3) is 1.89. The summed E-state index contributed by atoms with van der Waals surface area (Å²) in [6.07, 6.45) is 0.298. The van der Waals surface area contributed by atoms with Gasteiger partial charge < -0.3 is 20.2 Å². The maximum Gasteiger partial charge on any atom is 0.223 e. The van der Waals surface area contributed by atoms with E-state index in [-0.39, 0.29) is 31.6 Å². The summed E-state index contributed by atoms with van der Waals surface area (Å²) in [5.74, 6) is -0.186. The number of aliphatic hydroxyl groups excluding tert-OH is 3. The monoisotopic (exact) mass is 203 g/mol. The number of rotatable bonds is 4. The summed E-state index contributed by atoms with van der Waals surface area (Å²) in [5, 5.41) is 27.1. The molecule has 1 rings (SSSR count). The normalized spacial score (nSPS) is 23.3. The lowest BCUT2D eigenvalue weighted by atomic mass is 10.0. The number of nitrogens with zero attached hydrogens (tertiary/aromatic N) is 1. The van der Waals surface area contributed by atoms with E-state index in [2.05, 4.69) is 0 Å². The number of hydrogen-bond donors (Lipinski definition) is 3. The van der Waals surface area contributed by atoms with Crippen molar-refractivity contribution in [2.75, 3.05) is 26.4 Å². The molecule has 5 nitrogen and oxygen atoms in total. The number of likely N-dealkylation sites (tertiary alicyclic amines) is 1. The fourth-order valence-electron chi connectivity index (χ4n) is 1.65. The lowest BCUT2D eigenvalue weighted by Crippen LogP contribution is -2.52. The zero-order valence-electron chi connectivity index (χ0n) is 8.31. The quantitative estimate of drug-likeness (QED) is 0.523. The fraction of sp³-hybridized carbons (Fsp3) is 0.889. The van der Waals surface area contributed by atoms with Crippen LogP contribution >= 0.6 is 0 Å². The first-order valence-electron chi connectivity index (χ1n) is 4.70. The minimum Gasteiger partial charge on any atom is -0.396 e. The van der Waals surface area contributed by atoms with Gasteiger partial charge in [0.25, 0.3) is 0 Å². The van der Waals surface area contributed by atoms with Gasteiger partial charge in [-0.3, -0.25) is 4.79 Å². The van der Waals surface area contributed by atoms with Crippen LogP contribution in [-0.4, -0.2) is 58.0 Å². The third-order valence-electron chi connectivity index (χ3n) is 2.80. The van der Waals surface area contributed by atoms with E-state index in [9.17, 15) is 4.79 Å². The molecule has 0 aromatic heterocycles. The van der Waals surface area contributed by atoms with Crippen LogP contribution in [0.4, 0.5) is 0 Å². The van der Waals surface area contributed by atoms with Crippen molar-refractivity contribution in [2.24, 2.45) is 5.92 Å². The first-order valence-corrected chi connectivity index (χ1v) is 4.70. The molecule has 1 heterocycles. The molecule has 3 N–H and O–H groups in total. The van der Waals surface area contributed by atoms with Crippen LogP contribution in [0.15, 0.2) is 0 Å². The lowest BCUT2D eigenvalue weighted by molar-refractivity contribution is -0.136. The Morgan fingerprint density at radius 1 is 1.43 bits per heavy atom. The molecule has 1 unspecified atom stereocenters. The van der Waals surface area contributed by atoms with E-state index in [0.29, 0.717) is 13.0 Å². The van der Waals surface area contributed by atoms with Crippen LogP contribution in [0.25, 0.3) is 0 Å². The van der Waals surface area contributed by atoms with E-state index >= 15 is 0 Å². The van der Waals surface area contributed by atoms with E-state index in [1.807, 2.05) is 0 Å². The van der Waals surface area contributed by atoms with Crippen LogP contribution in [0.5, 0.6) is 0 Å². The molecule has 0 radical (unpaired) electrons. The molecule has 0 aliphatic carbocycles. The lowest BCUT2D eigenvalue weighted by Gasteiger charge is -2.35. The van der Waals surface area contributed by atoms with Crippen molar-refractivity contribution in [1.29, 1.82) is 0 Å². The SMILES string of the molecule is CC(CO)(CO)N1CC(CO)CC1=O. The molecule has 1 saturated heterocycles. The minimum atomic E-state index is -0.902. The van der Waals surface area contributed by atoms with Crippen LogP contribution in [0, 0.1) is 5.92 Å². The zero-order valence-corrected chi connectivity index (χ0v) is 8.31. The van der Waals surface area contributed by atoms with E-state index in [1.165, 1.54) is 4.90 Å². The van der Waals surface area contributed by atoms with Crippen molar-refractivity contribution in [1.82, 2.24) is 4.90 Å². The Bertz CT molecular complexity index is 215. The highest BCUT2D eigenvalue weighted by molar-refractivity contribution is 5.79. The molecule has 5 heteroatoms. The summed E-state index contributed by atoms with van der Waals surface area (Å²) in [6.45, 7) is 1.47. The van der Waals surface area contributed by atoms with Gasteiger partial charge in [0, 0.05) is 25.5 Å². The summed E-state index contributed by atoms with van der Waals surface area (Å²) in [4.78, 5) is 13.0. The number of carbonyl (C=O) groups is 1. The van der Waals surface area contributed by atoms with Gasteiger partial charge in [0.1, 0.15) is 0 Å². The van der Waals surface area contributed by atoms with Crippen molar-refractivity contribution >= 4 is 5.91 Å². The molecule has 1 atom stereocenters. The average molecular weight is 203 g/mol. The van der Waals surface area contributed by atoms with Gasteiger partial charge in [-0.2, -0.15) is 0 Å². The number of amides is 1. The largest absolute Gasteiger partial charge is 0.396 e. The predicted octanol–water partition coefficient (Wildman–Crippen LogP) is -1.43. The van der Waals surface area contributed by atoms with Crippen LogP contribution in [0.1, 0.15) is 13.3 Å². The van der Waals surface area contributed by atoms with Gasteiger partial charge in [0.05, 0.1) is 18.8 Å². The summed E-state index contributed by atoms with van der Waals surface area (Å²) < 4.78 is 0. The Kier molecular flexibility index (Phi) is 3.47. The number of carbonyl (C=O) groups excluding carboxylic acids is 1. The van der Waals surface area contributed by atoms with Gasteiger partial charge in [-0.25, -0.2) is 0 Å². The van der Waals surface area contributed by atoms with Gasteiger partial charge in [-0.05, 0) is 6.92 Å². The zero-order chi connectivity index (χ0) is 10.8. The van der Waals surface area contributed by atoms with Gasteiger partial charge >= 0.3 is 0 Å². The smallest absolute Gasteiger partial charge is 0.223 e. The molecule has 14 heavy (non-hydrogen) atoms. The molecule has 0 saturated carbocycles. The Morgan fingerprint density at radius 3 is 2.36 bits per heavy atom. The third-order valence-corrected chi connectivity index (χ3v) is 2.80. The molecule has 0 bridgehead atoms. The van der Waals surface area contributed by atoms with Crippen molar-refractivity contribution in [3.63, 3.8) is 0 Å².